The minimum Gasteiger partial charge on any atom is -0.461 e. The van der Waals surface area contributed by atoms with Crippen molar-refractivity contribution in [1.29, 1.82) is 0 Å². The largest absolute Gasteiger partial charge is 0.461 e. The highest BCUT2D eigenvalue weighted by molar-refractivity contribution is 5.97. The Kier molecular flexibility index (Phi) is 5.53. The maximum absolute atomic E-state index is 12.8. The zero-order valence-electron chi connectivity index (χ0n) is 14.0. The minimum absolute atomic E-state index is 0.0216. The van der Waals surface area contributed by atoms with Crippen molar-refractivity contribution in [1.82, 2.24) is 9.78 Å². The molecule has 0 fully saturated rings. The number of ketones is 1. The number of Topliss-reactive ketones (excluding diaryl/α,β-unsaturated/α-hetero) is 1. The van der Waals surface area contributed by atoms with E-state index in [9.17, 15) is 14.0 Å². The van der Waals surface area contributed by atoms with Gasteiger partial charge in [0.15, 0.2) is 5.78 Å². The Balaban J connectivity index is 1.46. The molecule has 3 aromatic rings. The zero-order valence-corrected chi connectivity index (χ0v) is 14.0. The summed E-state index contributed by atoms with van der Waals surface area (Å²) in [7, 11) is 0. The molecular formula is C20H17FN2O3. The third-order valence-corrected chi connectivity index (χ3v) is 3.78. The lowest BCUT2D eigenvalue weighted by atomic mass is 10.1. The molecule has 0 N–H and O–H groups in total. The molecule has 0 saturated heterocycles. The number of rotatable bonds is 7. The molecule has 6 heteroatoms. The summed E-state index contributed by atoms with van der Waals surface area (Å²) in [6.45, 7) is 0.0937. The van der Waals surface area contributed by atoms with Crippen molar-refractivity contribution in [3.63, 3.8) is 0 Å². The van der Waals surface area contributed by atoms with Crippen molar-refractivity contribution in [2.24, 2.45) is 0 Å². The van der Waals surface area contributed by atoms with E-state index in [2.05, 4.69) is 5.10 Å². The molecule has 0 radical (unpaired) electrons. The van der Waals surface area contributed by atoms with E-state index >= 15 is 0 Å². The van der Waals surface area contributed by atoms with Crippen molar-refractivity contribution in [3.8, 4) is 5.69 Å². The quantitative estimate of drug-likeness (QED) is 0.480. The SMILES string of the molecule is O=C(CCC(=O)c1ccc(F)cc1)OCc1cnn(-c2ccccc2)c1. The van der Waals surface area contributed by atoms with Crippen LogP contribution in [-0.2, 0) is 16.1 Å². The molecule has 0 atom stereocenters. The summed E-state index contributed by atoms with van der Waals surface area (Å²) in [5.74, 6) is -1.09. The second-order valence-electron chi connectivity index (χ2n) is 5.72. The zero-order chi connectivity index (χ0) is 18.4. The van der Waals surface area contributed by atoms with Crippen LogP contribution < -0.4 is 0 Å². The van der Waals surface area contributed by atoms with Gasteiger partial charge in [0.1, 0.15) is 12.4 Å². The smallest absolute Gasteiger partial charge is 0.306 e. The van der Waals surface area contributed by atoms with Crippen LogP contribution in [-0.4, -0.2) is 21.5 Å². The number of para-hydroxylation sites is 1. The molecule has 0 unspecified atom stereocenters. The van der Waals surface area contributed by atoms with Crippen molar-refractivity contribution >= 4 is 11.8 Å². The Morgan fingerprint density at radius 3 is 2.46 bits per heavy atom. The highest BCUT2D eigenvalue weighted by Gasteiger charge is 2.11. The minimum atomic E-state index is -0.465. The monoisotopic (exact) mass is 352 g/mol. The van der Waals surface area contributed by atoms with E-state index in [1.165, 1.54) is 24.3 Å². The second kappa shape index (κ2) is 8.20. The van der Waals surface area contributed by atoms with E-state index in [1.54, 1.807) is 17.1 Å². The molecule has 0 amide bonds. The summed E-state index contributed by atoms with van der Waals surface area (Å²) in [5, 5.41) is 4.23. The number of hydrogen-bond donors (Lipinski definition) is 0. The Morgan fingerprint density at radius 1 is 1.00 bits per heavy atom. The normalized spacial score (nSPS) is 10.5. The van der Waals surface area contributed by atoms with E-state index in [1.807, 2.05) is 30.3 Å². The van der Waals surface area contributed by atoms with Gasteiger partial charge in [-0.05, 0) is 36.4 Å². The van der Waals surface area contributed by atoms with Gasteiger partial charge in [-0.15, -0.1) is 0 Å². The van der Waals surface area contributed by atoms with Gasteiger partial charge in [0, 0.05) is 23.7 Å². The van der Waals surface area contributed by atoms with E-state index in [0.717, 1.165) is 11.3 Å². The number of benzene rings is 2. The molecule has 3 rings (SSSR count). The first-order valence-corrected chi connectivity index (χ1v) is 8.15. The Labute approximate surface area is 150 Å². The third kappa shape index (κ3) is 4.63. The van der Waals surface area contributed by atoms with Crippen molar-refractivity contribution in [2.75, 3.05) is 0 Å². The topological polar surface area (TPSA) is 61.2 Å². The van der Waals surface area contributed by atoms with Gasteiger partial charge in [0.2, 0.25) is 0 Å². The molecule has 5 nitrogen and oxygen atoms in total. The number of aromatic nitrogens is 2. The number of carbonyl (C=O) groups is 2. The molecule has 0 aliphatic heterocycles. The predicted octanol–water partition coefficient (Wildman–Crippen LogP) is 3.72. The second-order valence-corrected chi connectivity index (χ2v) is 5.72. The lowest BCUT2D eigenvalue weighted by Gasteiger charge is -2.03. The molecule has 0 bridgehead atoms. The van der Waals surface area contributed by atoms with E-state index in [4.69, 9.17) is 4.74 Å². The van der Waals surface area contributed by atoms with Gasteiger partial charge >= 0.3 is 5.97 Å². The highest BCUT2D eigenvalue weighted by atomic mass is 19.1. The van der Waals surface area contributed by atoms with Crippen LogP contribution in [0.1, 0.15) is 28.8 Å². The molecule has 0 spiro atoms. The maximum atomic E-state index is 12.8. The number of ether oxygens (including phenoxy) is 1. The summed E-state index contributed by atoms with van der Waals surface area (Å²) in [6.07, 6.45) is 3.41. The lowest BCUT2D eigenvalue weighted by Crippen LogP contribution is -2.08. The number of nitrogens with zero attached hydrogens (tertiary/aromatic N) is 2. The summed E-state index contributed by atoms with van der Waals surface area (Å²) >= 11 is 0. The summed E-state index contributed by atoms with van der Waals surface area (Å²) < 4.78 is 19.7. The summed E-state index contributed by atoms with van der Waals surface area (Å²) in [4.78, 5) is 23.8. The molecule has 1 heterocycles. The fraction of sp³-hybridized carbons (Fsp3) is 0.150. The number of halogens is 1. The molecule has 1 aromatic heterocycles. The van der Waals surface area contributed by atoms with Gasteiger partial charge in [-0.3, -0.25) is 9.59 Å². The molecule has 0 saturated carbocycles. The molecule has 0 aliphatic rings. The highest BCUT2D eigenvalue weighted by Crippen LogP contribution is 2.10. The fourth-order valence-corrected chi connectivity index (χ4v) is 2.39. The van der Waals surface area contributed by atoms with Crippen molar-refractivity contribution < 1.29 is 18.7 Å². The van der Waals surface area contributed by atoms with E-state index in [-0.39, 0.29) is 25.2 Å². The van der Waals surface area contributed by atoms with Crippen LogP contribution in [0.2, 0.25) is 0 Å². The van der Waals surface area contributed by atoms with Crippen LogP contribution in [0.5, 0.6) is 0 Å². The Bertz CT molecular complexity index is 889. The van der Waals surface area contributed by atoms with Crippen LogP contribution in [0.3, 0.4) is 0 Å². The first-order valence-electron chi connectivity index (χ1n) is 8.15. The molecule has 2 aromatic carbocycles. The maximum Gasteiger partial charge on any atom is 0.306 e. The van der Waals surface area contributed by atoms with Gasteiger partial charge in [0.25, 0.3) is 0 Å². The van der Waals surface area contributed by atoms with Crippen LogP contribution in [0, 0.1) is 5.82 Å². The van der Waals surface area contributed by atoms with E-state index < -0.39 is 11.8 Å². The van der Waals surface area contributed by atoms with Gasteiger partial charge in [0.05, 0.1) is 18.3 Å². The average molecular weight is 352 g/mol. The van der Waals surface area contributed by atoms with Crippen LogP contribution in [0.15, 0.2) is 67.0 Å². The Morgan fingerprint density at radius 2 is 1.73 bits per heavy atom. The standard InChI is InChI=1S/C20H17FN2O3/c21-17-8-6-16(7-9-17)19(24)10-11-20(25)26-14-15-12-22-23(13-15)18-4-2-1-3-5-18/h1-9,12-13H,10-11,14H2. The number of carbonyl (C=O) groups excluding carboxylic acids is 2. The van der Waals surface area contributed by atoms with Gasteiger partial charge in [-0.25, -0.2) is 9.07 Å². The first-order chi connectivity index (χ1) is 12.6. The fourth-order valence-electron chi connectivity index (χ4n) is 2.39. The molecule has 132 valence electrons. The predicted molar refractivity (Wildman–Crippen MR) is 93.3 cm³/mol. The summed E-state index contributed by atoms with van der Waals surface area (Å²) in [6, 6.07) is 14.8. The number of esters is 1. The number of hydrogen-bond acceptors (Lipinski definition) is 4. The van der Waals surface area contributed by atoms with E-state index in [0.29, 0.717) is 5.56 Å². The van der Waals surface area contributed by atoms with Crippen LogP contribution in [0.4, 0.5) is 4.39 Å². The van der Waals surface area contributed by atoms with Gasteiger partial charge < -0.3 is 4.74 Å². The van der Waals surface area contributed by atoms with Crippen molar-refractivity contribution in [2.45, 2.75) is 19.4 Å². The van der Waals surface area contributed by atoms with Crippen LogP contribution >= 0.6 is 0 Å². The van der Waals surface area contributed by atoms with Gasteiger partial charge in [-0.1, -0.05) is 18.2 Å². The Hall–Kier alpha value is -3.28. The first kappa shape index (κ1) is 17.5. The lowest BCUT2D eigenvalue weighted by molar-refractivity contribution is -0.144. The van der Waals surface area contributed by atoms with Crippen LogP contribution in [0.25, 0.3) is 5.69 Å². The molecular weight excluding hydrogens is 335 g/mol. The average Bonchev–Trinajstić information content (AvgIpc) is 3.15. The van der Waals surface area contributed by atoms with Crippen molar-refractivity contribution in [3.05, 3.63) is 83.9 Å². The summed E-state index contributed by atoms with van der Waals surface area (Å²) in [5.41, 5.74) is 2.05. The van der Waals surface area contributed by atoms with Gasteiger partial charge in [-0.2, -0.15) is 5.10 Å². The molecule has 26 heavy (non-hydrogen) atoms. The third-order valence-electron chi connectivity index (χ3n) is 3.78. The molecule has 0 aliphatic carbocycles.